The lowest BCUT2D eigenvalue weighted by molar-refractivity contribution is 0.282. The zero-order chi connectivity index (χ0) is 15.8. The maximum Gasteiger partial charge on any atom is 0.263 e. The van der Waals surface area contributed by atoms with Crippen LogP contribution in [0.5, 0.6) is 0 Å². The number of hydrogen-bond donors (Lipinski definition) is 2. The summed E-state index contributed by atoms with van der Waals surface area (Å²) in [6.45, 7) is 3.33. The second kappa shape index (κ2) is 6.37. The normalized spacial score (nSPS) is 11.7. The van der Waals surface area contributed by atoms with Gasteiger partial charge in [0.05, 0.1) is 17.2 Å². The van der Waals surface area contributed by atoms with Crippen molar-refractivity contribution in [2.24, 2.45) is 0 Å². The summed E-state index contributed by atoms with van der Waals surface area (Å²) in [5, 5.41) is 11.0. The highest BCUT2D eigenvalue weighted by molar-refractivity contribution is 9.11. The van der Waals surface area contributed by atoms with Gasteiger partial charge >= 0.3 is 0 Å². The van der Waals surface area contributed by atoms with Crippen LogP contribution in [-0.4, -0.2) is 13.5 Å². The molecule has 4 nitrogen and oxygen atoms in total. The Labute approximate surface area is 144 Å². The first-order chi connectivity index (χ1) is 9.76. The van der Waals surface area contributed by atoms with Crippen molar-refractivity contribution in [3.8, 4) is 0 Å². The van der Waals surface area contributed by atoms with Gasteiger partial charge in [0.1, 0.15) is 4.90 Å². The zero-order valence-corrected chi connectivity index (χ0v) is 16.1. The van der Waals surface area contributed by atoms with Crippen LogP contribution in [0.25, 0.3) is 0 Å². The van der Waals surface area contributed by atoms with E-state index in [0.29, 0.717) is 25.1 Å². The Hall–Kier alpha value is -0.410. The molecule has 0 amide bonds. The Balaban J connectivity index is 2.50. The third-order valence-electron chi connectivity index (χ3n) is 2.82. The van der Waals surface area contributed by atoms with E-state index in [1.807, 2.05) is 19.1 Å². The largest absolute Gasteiger partial charge is 0.391 e. The lowest BCUT2D eigenvalue weighted by Crippen LogP contribution is -2.15. The molecule has 0 fully saturated rings. The van der Waals surface area contributed by atoms with E-state index in [4.69, 9.17) is 0 Å². The first kappa shape index (κ1) is 17.0. The molecule has 0 radical (unpaired) electrons. The predicted molar refractivity (Wildman–Crippen MR) is 92.4 cm³/mol. The smallest absolute Gasteiger partial charge is 0.263 e. The third-order valence-corrected chi connectivity index (χ3v) is 6.87. The average Bonchev–Trinajstić information content (AvgIpc) is 2.76. The minimum Gasteiger partial charge on any atom is -0.391 e. The highest BCUT2D eigenvalue weighted by atomic mass is 79.9. The Morgan fingerprint density at radius 3 is 2.33 bits per heavy atom. The first-order valence-corrected chi connectivity index (χ1v) is 9.87. The highest BCUT2D eigenvalue weighted by Crippen LogP contribution is 2.35. The number of benzene rings is 1. The summed E-state index contributed by atoms with van der Waals surface area (Å²) in [5.74, 6) is 0. The lowest BCUT2D eigenvalue weighted by Gasteiger charge is -2.13. The van der Waals surface area contributed by atoms with Crippen molar-refractivity contribution in [2.75, 3.05) is 4.72 Å². The molecule has 0 atom stereocenters. The SMILES string of the molecule is Cc1cc(Br)c(NS(=O)(=O)c2c(C)csc2CO)c(Br)c1. The summed E-state index contributed by atoms with van der Waals surface area (Å²) in [4.78, 5) is 0.578. The van der Waals surface area contributed by atoms with Crippen molar-refractivity contribution < 1.29 is 13.5 Å². The molecular formula is C13H13Br2NO3S2. The van der Waals surface area contributed by atoms with Crippen molar-refractivity contribution >= 4 is 58.9 Å². The monoisotopic (exact) mass is 453 g/mol. The highest BCUT2D eigenvalue weighted by Gasteiger charge is 2.24. The lowest BCUT2D eigenvalue weighted by atomic mass is 10.2. The molecule has 0 unspecified atom stereocenters. The maximum absolute atomic E-state index is 12.6. The topological polar surface area (TPSA) is 66.4 Å². The van der Waals surface area contributed by atoms with E-state index in [2.05, 4.69) is 36.6 Å². The number of rotatable bonds is 4. The van der Waals surface area contributed by atoms with Crippen LogP contribution in [0.2, 0.25) is 0 Å². The zero-order valence-electron chi connectivity index (χ0n) is 11.3. The van der Waals surface area contributed by atoms with Crippen LogP contribution in [0.3, 0.4) is 0 Å². The minimum atomic E-state index is -3.76. The van der Waals surface area contributed by atoms with Crippen LogP contribution in [0.1, 0.15) is 16.0 Å². The van der Waals surface area contributed by atoms with E-state index >= 15 is 0 Å². The Morgan fingerprint density at radius 2 is 1.81 bits per heavy atom. The fourth-order valence-electron chi connectivity index (χ4n) is 1.94. The second-order valence-corrected chi connectivity index (χ2v) is 8.83. The summed E-state index contributed by atoms with van der Waals surface area (Å²) < 4.78 is 29.1. The summed E-state index contributed by atoms with van der Waals surface area (Å²) >= 11 is 7.96. The van der Waals surface area contributed by atoms with Crippen molar-refractivity contribution in [3.05, 3.63) is 42.5 Å². The molecule has 2 rings (SSSR count). The number of sulfonamides is 1. The quantitative estimate of drug-likeness (QED) is 0.727. The molecule has 114 valence electrons. The summed E-state index contributed by atoms with van der Waals surface area (Å²) in [6, 6.07) is 3.66. The molecule has 0 aliphatic rings. The van der Waals surface area contributed by atoms with E-state index < -0.39 is 10.0 Å². The molecule has 0 saturated carbocycles. The predicted octanol–water partition coefficient (Wildman–Crippen LogP) is 4.18. The van der Waals surface area contributed by atoms with Crippen LogP contribution in [0, 0.1) is 13.8 Å². The van der Waals surface area contributed by atoms with Gasteiger partial charge in [0.25, 0.3) is 10.0 Å². The van der Waals surface area contributed by atoms with E-state index in [1.165, 1.54) is 11.3 Å². The molecule has 0 bridgehead atoms. The van der Waals surface area contributed by atoms with Gasteiger partial charge in [-0.1, -0.05) is 0 Å². The maximum atomic E-state index is 12.6. The van der Waals surface area contributed by atoms with E-state index in [-0.39, 0.29) is 11.5 Å². The van der Waals surface area contributed by atoms with Crippen LogP contribution >= 0.6 is 43.2 Å². The molecule has 1 aromatic carbocycles. The minimum absolute atomic E-state index is 0.148. The van der Waals surface area contributed by atoms with Crippen molar-refractivity contribution in [2.45, 2.75) is 25.3 Å². The molecular weight excluding hydrogens is 442 g/mol. The van der Waals surface area contributed by atoms with Crippen molar-refractivity contribution in [1.82, 2.24) is 0 Å². The summed E-state index contributed by atoms with van der Waals surface area (Å²) in [7, 11) is -3.76. The molecule has 21 heavy (non-hydrogen) atoms. The molecule has 0 aliphatic carbocycles. The van der Waals surface area contributed by atoms with E-state index in [9.17, 15) is 13.5 Å². The molecule has 1 aromatic heterocycles. The van der Waals surface area contributed by atoms with Crippen LogP contribution in [0.4, 0.5) is 5.69 Å². The Morgan fingerprint density at radius 1 is 1.24 bits per heavy atom. The average molecular weight is 455 g/mol. The molecule has 0 saturated heterocycles. The van der Waals surface area contributed by atoms with Crippen LogP contribution < -0.4 is 4.72 Å². The van der Waals surface area contributed by atoms with Gasteiger partial charge in [-0.05, 0) is 74.3 Å². The fourth-order valence-corrected chi connectivity index (χ4v) is 6.58. The van der Waals surface area contributed by atoms with Crippen molar-refractivity contribution in [3.63, 3.8) is 0 Å². The third kappa shape index (κ3) is 3.50. The summed E-state index contributed by atoms with van der Waals surface area (Å²) in [5.41, 5.74) is 2.06. The van der Waals surface area contributed by atoms with E-state index in [0.717, 1.165) is 5.56 Å². The Kier molecular flexibility index (Phi) is 5.15. The number of aliphatic hydroxyl groups is 1. The number of aryl methyl sites for hydroxylation is 2. The van der Waals surface area contributed by atoms with Crippen molar-refractivity contribution in [1.29, 1.82) is 0 Å². The number of hydrogen-bond acceptors (Lipinski definition) is 4. The van der Waals surface area contributed by atoms with Gasteiger partial charge in [-0.2, -0.15) is 0 Å². The number of anilines is 1. The number of nitrogens with one attached hydrogen (secondary N) is 1. The Bertz CT molecular complexity index is 762. The molecule has 0 spiro atoms. The van der Waals surface area contributed by atoms with Gasteiger partial charge in [-0.3, -0.25) is 4.72 Å². The second-order valence-electron chi connectivity index (χ2n) is 4.54. The number of halogens is 2. The first-order valence-electron chi connectivity index (χ1n) is 5.92. The molecule has 1 heterocycles. The molecule has 8 heteroatoms. The van der Waals surface area contributed by atoms with Crippen LogP contribution in [0.15, 0.2) is 31.4 Å². The van der Waals surface area contributed by atoms with Gasteiger partial charge < -0.3 is 5.11 Å². The standard InChI is InChI=1S/C13H13Br2NO3S2/c1-7-3-9(14)12(10(15)4-7)16-21(18,19)13-8(2)6-20-11(13)5-17/h3-4,6,16-17H,5H2,1-2H3. The van der Waals surface area contributed by atoms with Gasteiger partial charge in [-0.25, -0.2) is 8.42 Å². The van der Waals surface area contributed by atoms with Gasteiger partial charge in [-0.15, -0.1) is 11.3 Å². The molecule has 0 aliphatic heterocycles. The number of thiophene rings is 1. The fraction of sp³-hybridized carbons (Fsp3) is 0.231. The number of aliphatic hydroxyl groups excluding tert-OH is 1. The van der Waals surface area contributed by atoms with Gasteiger partial charge in [0.2, 0.25) is 0 Å². The van der Waals surface area contributed by atoms with E-state index in [1.54, 1.807) is 12.3 Å². The van der Waals surface area contributed by atoms with Gasteiger partial charge in [0, 0.05) is 8.95 Å². The summed E-state index contributed by atoms with van der Waals surface area (Å²) in [6.07, 6.45) is 0. The molecule has 2 N–H and O–H groups in total. The molecule has 2 aromatic rings. The van der Waals surface area contributed by atoms with Gasteiger partial charge in [0.15, 0.2) is 0 Å². The van der Waals surface area contributed by atoms with Crippen LogP contribution in [-0.2, 0) is 16.6 Å².